The van der Waals surface area contributed by atoms with Crippen LogP contribution in [0.4, 0.5) is 5.69 Å². The van der Waals surface area contributed by atoms with E-state index in [-0.39, 0.29) is 17.2 Å². The average Bonchev–Trinajstić information content (AvgIpc) is 3.16. The van der Waals surface area contributed by atoms with Crippen LogP contribution in [0.3, 0.4) is 0 Å². The van der Waals surface area contributed by atoms with E-state index in [0.29, 0.717) is 48.9 Å². The average molecular weight is 489 g/mol. The Morgan fingerprint density at radius 2 is 1.79 bits per heavy atom. The molecule has 0 saturated carbocycles. The van der Waals surface area contributed by atoms with Gasteiger partial charge in [0, 0.05) is 39.5 Å². The number of hydrogen-bond donors (Lipinski definition) is 1. The number of benzene rings is 2. The highest BCUT2D eigenvalue weighted by molar-refractivity contribution is 7.89. The minimum absolute atomic E-state index is 0.180. The lowest BCUT2D eigenvalue weighted by molar-refractivity contribution is -0.116. The number of carbonyl (C=O) groups is 1. The molecule has 1 N–H and O–H groups in total. The van der Waals surface area contributed by atoms with Gasteiger partial charge in [-0.2, -0.15) is 0 Å². The number of ether oxygens (including phenoxy) is 2. The molecule has 0 fully saturated rings. The van der Waals surface area contributed by atoms with Gasteiger partial charge in [-0.1, -0.05) is 0 Å². The van der Waals surface area contributed by atoms with Gasteiger partial charge in [-0.3, -0.25) is 4.79 Å². The summed E-state index contributed by atoms with van der Waals surface area (Å²) < 4.78 is 39.3. The Morgan fingerprint density at radius 1 is 1.06 bits per heavy atom. The van der Waals surface area contributed by atoms with E-state index in [0.717, 1.165) is 11.3 Å². The molecule has 0 radical (unpaired) electrons. The van der Waals surface area contributed by atoms with Gasteiger partial charge in [0.15, 0.2) is 0 Å². The van der Waals surface area contributed by atoms with Crippen LogP contribution in [0.25, 0.3) is 11.0 Å². The number of sulfonamides is 1. The highest BCUT2D eigenvalue weighted by Gasteiger charge is 2.20. The van der Waals surface area contributed by atoms with Gasteiger partial charge in [0.25, 0.3) is 0 Å². The number of aryl methyl sites for hydroxylation is 2. The molecule has 0 bridgehead atoms. The Kier molecular flexibility index (Phi) is 8.16. The van der Waals surface area contributed by atoms with Crippen molar-refractivity contribution < 1.29 is 22.7 Å². The lowest BCUT2D eigenvalue weighted by Gasteiger charge is -2.13. The summed E-state index contributed by atoms with van der Waals surface area (Å²) in [4.78, 5) is 17.6. The second kappa shape index (κ2) is 10.9. The van der Waals surface area contributed by atoms with Gasteiger partial charge in [-0.05, 0) is 51.1 Å². The van der Waals surface area contributed by atoms with E-state index in [1.165, 1.54) is 18.4 Å². The lowest BCUT2D eigenvalue weighted by atomic mass is 10.2. The number of imidazole rings is 1. The van der Waals surface area contributed by atoms with Crippen LogP contribution in [0.15, 0.2) is 41.3 Å². The zero-order chi connectivity index (χ0) is 24.9. The molecule has 2 aromatic carbocycles. The van der Waals surface area contributed by atoms with Crippen LogP contribution < -0.4 is 14.8 Å². The van der Waals surface area contributed by atoms with Crippen LogP contribution in [0.5, 0.6) is 11.5 Å². The number of amides is 1. The fourth-order valence-electron chi connectivity index (χ4n) is 3.66. The van der Waals surface area contributed by atoms with Crippen LogP contribution in [-0.4, -0.2) is 55.5 Å². The normalized spacial score (nSPS) is 11.7. The highest BCUT2D eigenvalue weighted by atomic mass is 32.2. The van der Waals surface area contributed by atoms with Crippen molar-refractivity contribution in [2.75, 3.05) is 32.6 Å². The third-order valence-electron chi connectivity index (χ3n) is 5.31. The molecule has 9 nitrogen and oxygen atoms in total. The first-order chi connectivity index (χ1) is 16.2. The largest absolute Gasteiger partial charge is 0.494 e. The fraction of sp³-hybridized carbons (Fsp3) is 0.417. The number of rotatable bonds is 11. The topological polar surface area (TPSA) is 103 Å². The molecular weight excluding hydrogens is 456 g/mol. The molecule has 1 heterocycles. The summed E-state index contributed by atoms with van der Waals surface area (Å²) in [6.45, 7) is 7.41. The van der Waals surface area contributed by atoms with Crippen molar-refractivity contribution in [3.8, 4) is 11.5 Å². The Morgan fingerprint density at radius 3 is 2.44 bits per heavy atom. The molecule has 3 rings (SSSR count). The van der Waals surface area contributed by atoms with E-state index in [4.69, 9.17) is 9.47 Å². The van der Waals surface area contributed by atoms with Gasteiger partial charge in [0.1, 0.15) is 17.3 Å². The zero-order valence-corrected chi connectivity index (χ0v) is 21.1. The fourth-order valence-corrected chi connectivity index (χ4v) is 4.58. The number of fused-ring (bicyclic) bond motifs is 1. The molecule has 0 aliphatic heterocycles. The minimum atomic E-state index is -3.56. The molecule has 0 aliphatic rings. The standard InChI is InChI=1S/C24H32N4O5S/c1-6-28-21-11-10-18(34(30,31)27(4)5)16-19(21)25-23(28)13-14-24(29)26-20-15-17(32-7-2)9-12-22(20)33-8-3/h9-12,15-16H,6-8,13-14H2,1-5H3,(H,26,29). The summed E-state index contributed by atoms with van der Waals surface area (Å²) in [5, 5.41) is 2.91. The molecule has 1 amide bonds. The summed E-state index contributed by atoms with van der Waals surface area (Å²) >= 11 is 0. The first-order valence-corrected chi connectivity index (χ1v) is 12.8. The summed E-state index contributed by atoms with van der Waals surface area (Å²) in [6, 6.07) is 10.3. The second-order valence-electron chi connectivity index (χ2n) is 7.78. The lowest BCUT2D eigenvalue weighted by Crippen LogP contribution is -2.22. The molecule has 1 aromatic heterocycles. The predicted octanol–water partition coefficient (Wildman–Crippen LogP) is 3.68. The first kappa shape index (κ1) is 25.5. The molecule has 0 unspecified atom stereocenters. The van der Waals surface area contributed by atoms with E-state index < -0.39 is 10.0 Å². The van der Waals surface area contributed by atoms with Gasteiger partial charge in [-0.15, -0.1) is 0 Å². The maximum absolute atomic E-state index is 12.8. The third kappa shape index (κ3) is 5.51. The van der Waals surface area contributed by atoms with Crippen LogP contribution in [-0.2, 0) is 27.8 Å². The first-order valence-electron chi connectivity index (χ1n) is 11.3. The Bertz CT molecular complexity index is 1270. The van der Waals surface area contributed by atoms with E-state index in [2.05, 4.69) is 10.3 Å². The van der Waals surface area contributed by atoms with Crippen LogP contribution >= 0.6 is 0 Å². The molecule has 0 saturated heterocycles. The monoisotopic (exact) mass is 488 g/mol. The second-order valence-corrected chi connectivity index (χ2v) is 9.93. The number of carbonyl (C=O) groups excluding carboxylic acids is 1. The van der Waals surface area contributed by atoms with Crippen molar-refractivity contribution >= 4 is 32.7 Å². The Hall–Kier alpha value is -3.11. The SMILES string of the molecule is CCOc1ccc(OCC)c(NC(=O)CCc2nc3cc(S(=O)(=O)N(C)C)ccc3n2CC)c1. The summed E-state index contributed by atoms with van der Waals surface area (Å²) in [5.74, 6) is 1.77. The Labute approximate surface area is 200 Å². The maximum Gasteiger partial charge on any atom is 0.242 e. The molecular formula is C24H32N4O5S. The summed E-state index contributed by atoms with van der Waals surface area (Å²) in [6.07, 6.45) is 0.607. The van der Waals surface area contributed by atoms with Gasteiger partial charge < -0.3 is 19.4 Å². The van der Waals surface area contributed by atoms with Gasteiger partial charge in [-0.25, -0.2) is 17.7 Å². The number of nitrogens with zero attached hydrogens (tertiary/aromatic N) is 3. The molecule has 184 valence electrons. The van der Waals surface area contributed by atoms with E-state index in [9.17, 15) is 13.2 Å². The van der Waals surface area contributed by atoms with Crippen LogP contribution in [0.1, 0.15) is 33.0 Å². The minimum Gasteiger partial charge on any atom is -0.494 e. The van der Waals surface area contributed by atoms with E-state index >= 15 is 0 Å². The molecule has 3 aromatic rings. The third-order valence-corrected chi connectivity index (χ3v) is 7.12. The number of hydrogen-bond acceptors (Lipinski definition) is 6. The van der Waals surface area contributed by atoms with Crippen molar-refractivity contribution in [2.24, 2.45) is 0 Å². The van der Waals surface area contributed by atoms with Crippen molar-refractivity contribution in [1.82, 2.24) is 13.9 Å². The maximum atomic E-state index is 12.8. The van der Waals surface area contributed by atoms with Crippen LogP contribution in [0, 0.1) is 0 Å². The smallest absolute Gasteiger partial charge is 0.242 e. The summed E-state index contributed by atoms with van der Waals surface area (Å²) in [7, 11) is -0.567. The van der Waals surface area contributed by atoms with Crippen LogP contribution in [0.2, 0.25) is 0 Å². The quantitative estimate of drug-likeness (QED) is 0.442. The number of nitrogens with one attached hydrogen (secondary N) is 1. The molecule has 10 heteroatoms. The number of anilines is 1. The number of aromatic nitrogens is 2. The molecule has 34 heavy (non-hydrogen) atoms. The van der Waals surface area contributed by atoms with Gasteiger partial charge >= 0.3 is 0 Å². The van der Waals surface area contributed by atoms with E-state index in [1.54, 1.807) is 36.4 Å². The van der Waals surface area contributed by atoms with Crippen molar-refractivity contribution in [1.29, 1.82) is 0 Å². The van der Waals surface area contributed by atoms with Gasteiger partial charge in [0.2, 0.25) is 15.9 Å². The molecule has 0 aliphatic carbocycles. The molecule has 0 spiro atoms. The zero-order valence-electron chi connectivity index (χ0n) is 20.3. The van der Waals surface area contributed by atoms with Crippen molar-refractivity contribution in [3.05, 3.63) is 42.2 Å². The van der Waals surface area contributed by atoms with Crippen molar-refractivity contribution in [2.45, 2.75) is 45.1 Å². The highest BCUT2D eigenvalue weighted by Crippen LogP contribution is 2.30. The van der Waals surface area contributed by atoms with Crippen molar-refractivity contribution in [3.63, 3.8) is 0 Å². The van der Waals surface area contributed by atoms with E-state index in [1.807, 2.05) is 25.3 Å². The Balaban J connectivity index is 1.80. The van der Waals surface area contributed by atoms with Gasteiger partial charge in [0.05, 0.1) is 34.8 Å². The predicted molar refractivity (Wildman–Crippen MR) is 132 cm³/mol. The summed E-state index contributed by atoms with van der Waals surface area (Å²) in [5.41, 5.74) is 1.97. The molecule has 0 atom stereocenters.